The Kier molecular flexibility index (Phi) is 4.80. The van der Waals surface area contributed by atoms with Gasteiger partial charge in [0.05, 0.1) is 6.10 Å². The summed E-state index contributed by atoms with van der Waals surface area (Å²) in [5.41, 5.74) is 2.13. The monoisotopic (exact) mass is 270 g/mol. The highest BCUT2D eigenvalue weighted by atomic mass is 16.5. The Bertz CT molecular complexity index is 544. The fraction of sp³-hybridized carbons (Fsp3) is 0.333. The number of para-hydroxylation sites is 1. The smallest absolute Gasteiger partial charge is 0.130 e. The van der Waals surface area contributed by atoms with Crippen molar-refractivity contribution in [1.82, 2.24) is 0 Å². The Morgan fingerprint density at radius 1 is 1.00 bits per heavy atom. The highest BCUT2D eigenvalue weighted by molar-refractivity contribution is 5.40. The van der Waals surface area contributed by atoms with E-state index in [0.717, 1.165) is 23.5 Å². The lowest BCUT2D eigenvalue weighted by atomic mass is 10.0. The zero-order valence-corrected chi connectivity index (χ0v) is 12.3. The molecule has 0 unspecified atom stereocenters. The SMILES string of the molecule is CC[C@@H](O)c1ccc(Oc2ccccc2C(C)C)cc1. The van der Waals surface area contributed by atoms with Gasteiger partial charge in [-0.05, 0) is 41.7 Å². The quantitative estimate of drug-likeness (QED) is 0.824. The lowest BCUT2D eigenvalue weighted by Crippen LogP contribution is -1.96. The van der Waals surface area contributed by atoms with Crippen molar-refractivity contribution in [1.29, 1.82) is 0 Å². The third kappa shape index (κ3) is 3.40. The second-order valence-electron chi connectivity index (χ2n) is 5.29. The average Bonchev–Trinajstić information content (AvgIpc) is 2.47. The van der Waals surface area contributed by atoms with Crippen molar-refractivity contribution in [2.24, 2.45) is 0 Å². The molecule has 0 spiro atoms. The lowest BCUT2D eigenvalue weighted by molar-refractivity contribution is 0.173. The summed E-state index contributed by atoms with van der Waals surface area (Å²) in [6, 6.07) is 15.7. The van der Waals surface area contributed by atoms with Crippen LogP contribution in [0.25, 0.3) is 0 Å². The topological polar surface area (TPSA) is 29.5 Å². The molecular formula is C18H22O2. The van der Waals surface area contributed by atoms with E-state index in [1.807, 2.05) is 49.4 Å². The van der Waals surface area contributed by atoms with Crippen molar-refractivity contribution in [2.75, 3.05) is 0 Å². The van der Waals surface area contributed by atoms with Gasteiger partial charge in [-0.1, -0.05) is 51.1 Å². The first-order valence-corrected chi connectivity index (χ1v) is 7.16. The summed E-state index contributed by atoms with van der Waals surface area (Å²) in [5.74, 6) is 2.11. The number of aliphatic hydroxyl groups is 1. The van der Waals surface area contributed by atoms with Crippen LogP contribution in [0.4, 0.5) is 0 Å². The van der Waals surface area contributed by atoms with Gasteiger partial charge in [-0.15, -0.1) is 0 Å². The maximum atomic E-state index is 9.79. The van der Waals surface area contributed by atoms with E-state index in [1.165, 1.54) is 5.56 Å². The molecule has 0 saturated heterocycles. The Balaban J connectivity index is 2.18. The van der Waals surface area contributed by atoms with Crippen molar-refractivity contribution in [2.45, 2.75) is 39.2 Å². The first-order valence-electron chi connectivity index (χ1n) is 7.16. The molecule has 0 aliphatic heterocycles. The molecule has 0 aliphatic rings. The second kappa shape index (κ2) is 6.58. The molecule has 1 N–H and O–H groups in total. The molecule has 0 aliphatic carbocycles. The lowest BCUT2D eigenvalue weighted by Gasteiger charge is -2.14. The van der Waals surface area contributed by atoms with Gasteiger partial charge < -0.3 is 9.84 Å². The molecule has 1 atom stereocenters. The Hall–Kier alpha value is -1.80. The van der Waals surface area contributed by atoms with Gasteiger partial charge in [0, 0.05) is 0 Å². The van der Waals surface area contributed by atoms with E-state index in [2.05, 4.69) is 19.9 Å². The van der Waals surface area contributed by atoms with Gasteiger partial charge in [0.15, 0.2) is 0 Å². The van der Waals surface area contributed by atoms with Crippen LogP contribution in [-0.4, -0.2) is 5.11 Å². The largest absolute Gasteiger partial charge is 0.457 e. The highest BCUT2D eigenvalue weighted by Crippen LogP contribution is 2.30. The summed E-state index contributed by atoms with van der Waals surface area (Å²) < 4.78 is 5.96. The van der Waals surface area contributed by atoms with Crippen LogP contribution in [0.1, 0.15) is 50.3 Å². The highest BCUT2D eigenvalue weighted by Gasteiger charge is 2.09. The Morgan fingerprint density at radius 3 is 2.25 bits per heavy atom. The molecule has 0 saturated carbocycles. The van der Waals surface area contributed by atoms with Crippen LogP contribution in [0.5, 0.6) is 11.5 Å². The van der Waals surface area contributed by atoms with Crippen molar-refractivity contribution in [3.8, 4) is 11.5 Å². The zero-order chi connectivity index (χ0) is 14.5. The minimum absolute atomic E-state index is 0.396. The summed E-state index contributed by atoms with van der Waals surface area (Å²) in [7, 11) is 0. The summed E-state index contributed by atoms with van der Waals surface area (Å²) in [6.07, 6.45) is 0.322. The van der Waals surface area contributed by atoms with Crippen LogP contribution in [0.15, 0.2) is 48.5 Å². The maximum absolute atomic E-state index is 9.79. The van der Waals surface area contributed by atoms with Crippen molar-refractivity contribution in [3.05, 3.63) is 59.7 Å². The summed E-state index contributed by atoms with van der Waals surface area (Å²) in [4.78, 5) is 0. The number of benzene rings is 2. The van der Waals surface area contributed by atoms with Gasteiger partial charge in [0.2, 0.25) is 0 Å². The Labute approximate surface area is 121 Å². The minimum atomic E-state index is -0.396. The Morgan fingerprint density at radius 2 is 1.65 bits per heavy atom. The van der Waals surface area contributed by atoms with Crippen LogP contribution in [0, 0.1) is 0 Å². The number of hydrogen-bond acceptors (Lipinski definition) is 2. The molecular weight excluding hydrogens is 248 g/mol. The van der Waals surface area contributed by atoms with Gasteiger partial charge >= 0.3 is 0 Å². The summed E-state index contributed by atoms with van der Waals surface area (Å²) in [5, 5.41) is 9.79. The minimum Gasteiger partial charge on any atom is -0.457 e. The normalized spacial score (nSPS) is 12.4. The second-order valence-corrected chi connectivity index (χ2v) is 5.29. The molecule has 2 aromatic carbocycles. The van der Waals surface area contributed by atoms with E-state index < -0.39 is 6.10 Å². The number of hydrogen-bond donors (Lipinski definition) is 1. The molecule has 2 aromatic rings. The number of ether oxygens (including phenoxy) is 1. The standard InChI is InChI=1S/C18H22O2/c1-4-17(19)14-9-11-15(12-10-14)20-18-8-6-5-7-16(18)13(2)3/h5-13,17,19H,4H2,1-3H3/t17-/m1/s1. The zero-order valence-electron chi connectivity index (χ0n) is 12.3. The average molecular weight is 270 g/mol. The van der Waals surface area contributed by atoms with Crippen LogP contribution in [0.2, 0.25) is 0 Å². The van der Waals surface area contributed by atoms with E-state index in [-0.39, 0.29) is 0 Å². The predicted octanol–water partition coefficient (Wildman–Crippen LogP) is 5.05. The van der Waals surface area contributed by atoms with Crippen LogP contribution >= 0.6 is 0 Å². The number of aliphatic hydroxyl groups excluding tert-OH is 1. The fourth-order valence-electron chi connectivity index (χ4n) is 2.17. The number of rotatable bonds is 5. The molecule has 0 fully saturated rings. The summed E-state index contributed by atoms with van der Waals surface area (Å²) in [6.45, 7) is 6.28. The molecule has 106 valence electrons. The fourth-order valence-corrected chi connectivity index (χ4v) is 2.17. The molecule has 2 nitrogen and oxygen atoms in total. The third-order valence-electron chi connectivity index (χ3n) is 3.42. The van der Waals surface area contributed by atoms with E-state index in [9.17, 15) is 5.11 Å². The van der Waals surface area contributed by atoms with Gasteiger partial charge in [-0.25, -0.2) is 0 Å². The van der Waals surface area contributed by atoms with Crippen molar-refractivity contribution >= 4 is 0 Å². The molecule has 0 aromatic heterocycles. The third-order valence-corrected chi connectivity index (χ3v) is 3.42. The van der Waals surface area contributed by atoms with E-state index >= 15 is 0 Å². The van der Waals surface area contributed by atoms with Gasteiger partial charge in [0.25, 0.3) is 0 Å². The first-order chi connectivity index (χ1) is 9.61. The van der Waals surface area contributed by atoms with Crippen LogP contribution in [-0.2, 0) is 0 Å². The molecule has 2 rings (SSSR count). The molecule has 0 heterocycles. The molecule has 0 radical (unpaired) electrons. The van der Waals surface area contributed by atoms with Crippen LogP contribution < -0.4 is 4.74 Å². The van der Waals surface area contributed by atoms with E-state index in [1.54, 1.807) is 0 Å². The first kappa shape index (κ1) is 14.6. The molecule has 0 amide bonds. The molecule has 2 heteroatoms. The van der Waals surface area contributed by atoms with E-state index in [0.29, 0.717) is 5.92 Å². The summed E-state index contributed by atoms with van der Waals surface area (Å²) >= 11 is 0. The van der Waals surface area contributed by atoms with Gasteiger partial charge in [-0.3, -0.25) is 0 Å². The predicted molar refractivity (Wildman–Crippen MR) is 82.3 cm³/mol. The maximum Gasteiger partial charge on any atom is 0.130 e. The van der Waals surface area contributed by atoms with Gasteiger partial charge in [-0.2, -0.15) is 0 Å². The van der Waals surface area contributed by atoms with Gasteiger partial charge in [0.1, 0.15) is 11.5 Å². The van der Waals surface area contributed by atoms with Crippen LogP contribution in [0.3, 0.4) is 0 Å². The van der Waals surface area contributed by atoms with Crippen molar-refractivity contribution < 1.29 is 9.84 Å². The molecule has 0 bridgehead atoms. The molecule has 20 heavy (non-hydrogen) atoms. The van der Waals surface area contributed by atoms with E-state index in [4.69, 9.17) is 4.74 Å². The van der Waals surface area contributed by atoms with Crippen molar-refractivity contribution in [3.63, 3.8) is 0 Å².